The average Bonchev–Trinajstić information content (AvgIpc) is 2.88. The molecule has 2 aromatic carbocycles. The minimum Gasteiger partial charge on any atom is -0.252 e. The molecule has 0 aliphatic carbocycles. The molecule has 0 fully saturated rings. The predicted octanol–water partition coefficient (Wildman–Crippen LogP) is 4.89. The van der Waals surface area contributed by atoms with Gasteiger partial charge >= 0.3 is 0 Å². The van der Waals surface area contributed by atoms with E-state index >= 15 is 0 Å². The summed E-state index contributed by atoms with van der Waals surface area (Å²) in [5.74, 6) is 0. The standard InChI is InChI=1S/C15H12BrN3S/c1-10(11-6-2-3-7-12(11)16)18-19-15-17-13-8-4-5-9-14(13)20-15/h2-9H,1H3,(H,17,19)/b18-10+. The monoisotopic (exact) mass is 345 g/mol. The second-order valence-corrected chi connectivity index (χ2v) is 6.16. The predicted molar refractivity (Wildman–Crippen MR) is 89.6 cm³/mol. The van der Waals surface area contributed by atoms with Crippen LogP contribution in [0.2, 0.25) is 0 Å². The van der Waals surface area contributed by atoms with Gasteiger partial charge in [0.25, 0.3) is 0 Å². The van der Waals surface area contributed by atoms with E-state index in [1.165, 1.54) is 0 Å². The van der Waals surface area contributed by atoms with Gasteiger partial charge in [0, 0.05) is 10.0 Å². The van der Waals surface area contributed by atoms with Crippen molar-refractivity contribution < 1.29 is 0 Å². The molecule has 0 saturated carbocycles. The molecule has 0 amide bonds. The Morgan fingerprint density at radius 1 is 1.15 bits per heavy atom. The first-order valence-electron chi connectivity index (χ1n) is 6.15. The Balaban J connectivity index is 1.84. The first kappa shape index (κ1) is 13.3. The number of hydrogen-bond acceptors (Lipinski definition) is 4. The Morgan fingerprint density at radius 2 is 1.90 bits per heavy atom. The van der Waals surface area contributed by atoms with E-state index in [0.717, 1.165) is 31.1 Å². The van der Waals surface area contributed by atoms with Gasteiger partial charge in [-0.15, -0.1) is 0 Å². The molecule has 1 aromatic heterocycles. The van der Waals surface area contributed by atoms with Crippen LogP contribution in [0, 0.1) is 0 Å². The van der Waals surface area contributed by atoms with Gasteiger partial charge in [0.15, 0.2) is 0 Å². The number of benzene rings is 2. The molecule has 100 valence electrons. The van der Waals surface area contributed by atoms with Gasteiger partial charge in [-0.3, -0.25) is 5.43 Å². The fourth-order valence-electron chi connectivity index (χ4n) is 1.87. The maximum Gasteiger partial charge on any atom is 0.204 e. The van der Waals surface area contributed by atoms with Crippen molar-refractivity contribution in [1.29, 1.82) is 0 Å². The lowest BCUT2D eigenvalue weighted by atomic mass is 10.1. The van der Waals surface area contributed by atoms with Gasteiger partial charge in [0.1, 0.15) is 0 Å². The fourth-order valence-corrected chi connectivity index (χ4v) is 3.25. The smallest absolute Gasteiger partial charge is 0.204 e. The number of para-hydroxylation sites is 1. The molecule has 0 saturated heterocycles. The summed E-state index contributed by atoms with van der Waals surface area (Å²) in [7, 11) is 0. The van der Waals surface area contributed by atoms with Crippen LogP contribution in [0.5, 0.6) is 0 Å². The lowest BCUT2D eigenvalue weighted by Crippen LogP contribution is -2.00. The number of fused-ring (bicyclic) bond motifs is 1. The van der Waals surface area contributed by atoms with Gasteiger partial charge in [0.2, 0.25) is 5.13 Å². The summed E-state index contributed by atoms with van der Waals surface area (Å²) in [6.45, 7) is 1.97. The molecule has 5 heteroatoms. The number of nitrogens with one attached hydrogen (secondary N) is 1. The summed E-state index contributed by atoms with van der Waals surface area (Å²) in [5, 5.41) is 5.21. The molecule has 3 nitrogen and oxygen atoms in total. The highest BCUT2D eigenvalue weighted by molar-refractivity contribution is 9.10. The molecule has 0 aliphatic rings. The van der Waals surface area contributed by atoms with Gasteiger partial charge < -0.3 is 0 Å². The van der Waals surface area contributed by atoms with Gasteiger partial charge in [-0.1, -0.05) is 57.6 Å². The van der Waals surface area contributed by atoms with Crippen LogP contribution >= 0.6 is 27.3 Å². The summed E-state index contributed by atoms with van der Waals surface area (Å²) in [5.41, 5.74) is 6.01. The molecule has 0 radical (unpaired) electrons. The number of nitrogens with zero attached hydrogens (tertiary/aromatic N) is 2. The van der Waals surface area contributed by atoms with Crippen LogP contribution in [-0.4, -0.2) is 10.7 Å². The lowest BCUT2D eigenvalue weighted by molar-refractivity contribution is 1.29. The summed E-state index contributed by atoms with van der Waals surface area (Å²) in [6.07, 6.45) is 0. The van der Waals surface area contributed by atoms with Crippen LogP contribution < -0.4 is 5.43 Å². The zero-order valence-corrected chi connectivity index (χ0v) is 13.2. The molecule has 1 N–H and O–H groups in total. The minimum absolute atomic E-state index is 0.803. The van der Waals surface area contributed by atoms with Gasteiger partial charge in [0.05, 0.1) is 15.9 Å². The number of hydrogen-bond donors (Lipinski definition) is 1. The Bertz CT molecular complexity index is 746. The number of halogens is 1. The van der Waals surface area contributed by atoms with Gasteiger partial charge in [-0.05, 0) is 25.1 Å². The normalized spacial score (nSPS) is 11.8. The quantitative estimate of drug-likeness (QED) is 0.541. The third-order valence-corrected chi connectivity index (χ3v) is 4.51. The Kier molecular flexibility index (Phi) is 3.80. The van der Waals surface area contributed by atoms with E-state index in [0.29, 0.717) is 0 Å². The molecule has 0 unspecified atom stereocenters. The van der Waals surface area contributed by atoms with Crippen LogP contribution in [0.25, 0.3) is 10.2 Å². The zero-order chi connectivity index (χ0) is 13.9. The Labute approximate surface area is 129 Å². The van der Waals surface area contributed by atoms with E-state index in [-0.39, 0.29) is 0 Å². The van der Waals surface area contributed by atoms with E-state index in [2.05, 4.69) is 37.5 Å². The van der Waals surface area contributed by atoms with Crippen LogP contribution in [0.4, 0.5) is 5.13 Å². The molecular formula is C15H12BrN3S. The number of rotatable bonds is 3. The molecule has 0 spiro atoms. The molecule has 1 heterocycles. The van der Waals surface area contributed by atoms with Gasteiger partial charge in [-0.25, -0.2) is 4.98 Å². The fraction of sp³-hybridized carbons (Fsp3) is 0.0667. The van der Waals surface area contributed by atoms with E-state index < -0.39 is 0 Å². The number of thiazole rings is 1. The van der Waals surface area contributed by atoms with Crippen molar-refractivity contribution >= 4 is 48.3 Å². The highest BCUT2D eigenvalue weighted by Gasteiger charge is 2.04. The first-order chi connectivity index (χ1) is 9.74. The van der Waals surface area contributed by atoms with Crippen LogP contribution in [0.3, 0.4) is 0 Å². The number of anilines is 1. The SMILES string of the molecule is C/C(=N\Nc1nc2ccccc2s1)c1ccccc1Br. The zero-order valence-electron chi connectivity index (χ0n) is 10.8. The summed E-state index contributed by atoms with van der Waals surface area (Å²) in [4.78, 5) is 4.49. The molecule has 3 aromatic rings. The number of aromatic nitrogens is 1. The molecule has 3 rings (SSSR count). The Hall–Kier alpha value is -1.72. The largest absolute Gasteiger partial charge is 0.252 e. The highest BCUT2D eigenvalue weighted by atomic mass is 79.9. The van der Waals surface area contributed by atoms with Crippen molar-refractivity contribution in [2.75, 3.05) is 5.43 Å². The highest BCUT2D eigenvalue weighted by Crippen LogP contribution is 2.25. The average molecular weight is 346 g/mol. The van der Waals surface area contributed by atoms with E-state index in [9.17, 15) is 0 Å². The molecule has 0 bridgehead atoms. The van der Waals surface area contributed by atoms with Gasteiger partial charge in [-0.2, -0.15) is 5.10 Å². The van der Waals surface area contributed by atoms with Crippen LogP contribution in [0.15, 0.2) is 58.1 Å². The minimum atomic E-state index is 0.803. The molecule has 0 atom stereocenters. The second kappa shape index (κ2) is 5.73. The van der Waals surface area contributed by atoms with Crippen molar-refractivity contribution in [3.8, 4) is 0 Å². The summed E-state index contributed by atoms with van der Waals surface area (Å²) >= 11 is 5.13. The van der Waals surface area contributed by atoms with E-state index in [1.54, 1.807) is 11.3 Å². The lowest BCUT2D eigenvalue weighted by Gasteiger charge is -2.03. The van der Waals surface area contributed by atoms with E-state index in [4.69, 9.17) is 0 Å². The second-order valence-electron chi connectivity index (χ2n) is 4.28. The third-order valence-electron chi connectivity index (χ3n) is 2.88. The maximum absolute atomic E-state index is 4.49. The number of hydrazone groups is 1. The van der Waals surface area contributed by atoms with Crippen molar-refractivity contribution in [2.45, 2.75) is 6.92 Å². The summed E-state index contributed by atoms with van der Waals surface area (Å²) in [6, 6.07) is 16.1. The maximum atomic E-state index is 4.49. The molecule has 0 aliphatic heterocycles. The van der Waals surface area contributed by atoms with Crippen molar-refractivity contribution in [3.63, 3.8) is 0 Å². The molecular weight excluding hydrogens is 334 g/mol. The van der Waals surface area contributed by atoms with Crippen LogP contribution in [0.1, 0.15) is 12.5 Å². The third kappa shape index (κ3) is 2.73. The van der Waals surface area contributed by atoms with Crippen molar-refractivity contribution in [3.05, 3.63) is 58.6 Å². The van der Waals surface area contributed by atoms with Crippen molar-refractivity contribution in [2.24, 2.45) is 5.10 Å². The first-order valence-corrected chi connectivity index (χ1v) is 7.76. The topological polar surface area (TPSA) is 37.3 Å². The van der Waals surface area contributed by atoms with Crippen LogP contribution in [-0.2, 0) is 0 Å². The Morgan fingerprint density at radius 3 is 2.70 bits per heavy atom. The summed E-state index contributed by atoms with van der Waals surface area (Å²) < 4.78 is 2.19. The van der Waals surface area contributed by atoms with E-state index in [1.807, 2.05) is 49.4 Å². The molecule has 20 heavy (non-hydrogen) atoms. The van der Waals surface area contributed by atoms with Crippen molar-refractivity contribution in [1.82, 2.24) is 4.98 Å².